The molecular formula is C16H15F3N2OS. The van der Waals surface area contributed by atoms with Gasteiger partial charge in [0.25, 0.3) is 0 Å². The fourth-order valence-electron chi connectivity index (χ4n) is 1.90. The number of thiocarbonyl (C=S) groups is 1. The Morgan fingerprint density at radius 3 is 2.43 bits per heavy atom. The van der Waals surface area contributed by atoms with E-state index in [0.29, 0.717) is 17.3 Å². The third-order valence-electron chi connectivity index (χ3n) is 3.03. The predicted molar refractivity (Wildman–Crippen MR) is 87.2 cm³/mol. The average molecular weight is 340 g/mol. The maximum absolute atomic E-state index is 13.6. The fourth-order valence-corrected chi connectivity index (χ4v) is 2.07. The molecule has 23 heavy (non-hydrogen) atoms. The van der Waals surface area contributed by atoms with E-state index in [1.807, 2.05) is 0 Å². The Hall–Kier alpha value is -2.28. The molecule has 0 atom stereocenters. The number of nitrogens with zero attached hydrogens (tertiary/aromatic N) is 1. The quantitative estimate of drug-likeness (QED) is 0.822. The van der Waals surface area contributed by atoms with E-state index < -0.39 is 12.4 Å². The Balaban J connectivity index is 1.94. The van der Waals surface area contributed by atoms with Crippen LogP contribution in [0.2, 0.25) is 0 Å². The molecule has 0 fully saturated rings. The van der Waals surface area contributed by atoms with E-state index >= 15 is 0 Å². The lowest BCUT2D eigenvalue weighted by molar-refractivity contribution is -0.0498. The van der Waals surface area contributed by atoms with Crippen molar-refractivity contribution in [1.29, 1.82) is 0 Å². The number of hydrogen-bond acceptors (Lipinski definition) is 2. The summed E-state index contributed by atoms with van der Waals surface area (Å²) >= 11 is 5.22. The molecule has 0 unspecified atom stereocenters. The van der Waals surface area contributed by atoms with Gasteiger partial charge in [0.2, 0.25) is 0 Å². The van der Waals surface area contributed by atoms with Gasteiger partial charge in [-0.25, -0.2) is 4.39 Å². The van der Waals surface area contributed by atoms with Crippen LogP contribution in [0, 0.1) is 5.82 Å². The fraction of sp³-hybridized carbons (Fsp3) is 0.188. The first-order valence-electron chi connectivity index (χ1n) is 6.76. The highest BCUT2D eigenvalue weighted by Gasteiger charge is 2.09. The molecule has 3 nitrogen and oxygen atoms in total. The van der Waals surface area contributed by atoms with E-state index in [-0.39, 0.29) is 5.75 Å². The number of benzene rings is 2. The molecule has 0 aliphatic heterocycles. The minimum Gasteiger partial charge on any atom is -0.435 e. The second-order valence-corrected chi connectivity index (χ2v) is 5.18. The van der Waals surface area contributed by atoms with Crippen molar-refractivity contribution in [3.8, 4) is 5.75 Å². The van der Waals surface area contributed by atoms with Gasteiger partial charge in [-0.3, -0.25) is 0 Å². The topological polar surface area (TPSA) is 24.5 Å². The van der Waals surface area contributed by atoms with Gasteiger partial charge in [-0.15, -0.1) is 0 Å². The van der Waals surface area contributed by atoms with Gasteiger partial charge >= 0.3 is 6.61 Å². The molecule has 2 aromatic carbocycles. The summed E-state index contributed by atoms with van der Waals surface area (Å²) in [5, 5.41) is 3.18. The number of anilines is 1. The average Bonchev–Trinajstić information content (AvgIpc) is 2.51. The maximum atomic E-state index is 13.6. The highest BCUT2D eigenvalue weighted by Crippen LogP contribution is 2.17. The predicted octanol–water partition coefficient (Wildman–Crippen LogP) is 4.26. The van der Waals surface area contributed by atoms with Crippen LogP contribution >= 0.6 is 12.2 Å². The smallest absolute Gasteiger partial charge is 0.387 e. The lowest BCUT2D eigenvalue weighted by Crippen LogP contribution is -2.30. The number of alkyl halides is 2. The second kappa shape index (κ2) is 7.82. The van der Waals surface area contributed by atoms with Crippen LogP contribution in [0.15, 0.2) is 48.5 Å². The molecule has 0 spiro atoms. The monoisotopic (exact) mass is 340 g/mol. The third-order valence-corrected chi connectivity index (χ3v) is 3.44. The van der Waals surface area contributed by atoms with E-state index in [1.165, 1.54) is 18.2 Å². The summed E-state index contributed by atoms with van der Waals surface area (Å²) in [5.41, 5.74) is 1.15. The summed E-state index contributed by atoms with van der Waals surface area (Å²) in [6.07, 6.45) is 0. The van der Waals surface area contributed by atoms with Crippen LogP contribution in [0.5, 0.6) is 5.75 Å². The van der Waals surface area contributed by atoms with Crippen LogP contribution in [0.4, 0.5) is 18.9 Å². The van der Waals surface area contributed by atoms with Crippen molar-refractivity contribution in [3.63, 3.8) is 0 Å². The zero-order chi connectivity index (χ0) is 16.8. The van der Waals surface area contributed by atoms with Crippen LogP contribution < -0.4 is 10.1 Å². The Morgan fingerprint density at radius 1 is 1.17 bits per heavy atom. The molecule has 122 valence electrons. The Kier molecular flexibility index (Phi) is 5.81. The zero-order valence-electron chi connectivity index (χ0n) is 12.3. The Morgan fingerprint density at radius 2 is 1.83 bits per heavy atom. The lowest BCUT2D eigenvalue weighted by Gasteiger charge is -2.21. The summed E-state index contributed by atoms with van der Waals surface area (Å²) < 4.78 is 42.0. The van der Waals surface area contributed by atoms with Crippen molar-refractivity contribution in [2.24, 2.45) is 0 Å². The van der Waals surface area contributed by atoms with Gasteiger partial charge in [0.15, 0.2) is 5.11 Å². The first kappa shape index (κ1) is 17.1. The summed E-state index contributed by atoms with van der Waals surface area (Å²) in [6, 6.07) is 12.5. The molecule has 7 heteroatoms. The molecule has 0 heterocycles. The van der Waals surface area contributed by atoms with Gasteiger partial charge in [0.1, 0.15) is 11.6 Å². The summed E-state index contributed by atoms with van der Waals surface area (Å²) in [6.45, 7) is -2.41. The van der Waals surface area contributed by atoms with Crippen molar-refractivity contribution in [1.82, 2.24) is 4.90 Å². The standard InChI is InChI=1S/C16H15F3N2OS/c1-21(16(23)20-14-5-3-2-4-13(14)17)10-11-6-8-12(9-7-11)22-15(18)19/h2-9,15H,10H2,1H3,(H,20,23). The molecule has 1 N–H and O–H groups in total. The minimum atomic E-state index is -2.85. The first-order valence-corrected chi connectivity index (χ1v) is 7.17. The molecule has 2 rings (SSSR count). The molecule has 0 aliphatic rings. The van der Waals surface area contributed by atoms with Gasteiger partial charge < -0.3 is 15.0 Å². The number of nitrogens with one attached hydrogen (secondary N) is 1. The Labute approximate surface area is 137 Å². The number of ether oxygens (including phenoxy) is 1. The number of rotatable bonds is 5. The highest BCUT2D eigenvalue weighted by atomic mass is 32.1. The molecule has 0 amide bonds. The second-order valence-electron chi connectivity index (χ2n) is 4.79. The van der Waals surface area contributed by atoms with E-state index in [1.54, 1.807) is 42.3 Å². The van der Waals surface area contributed by atoms with Gasteiger partial charge in [-0.1, -0.05) is 24.3 Å². The summed E-state index contributed by atoms with van der Waals surface area (Å²) in [5.74, 6) is -0.296. The number of hydrogen-bond donors (Lipinski definition) is 1. The van der Waals surface area contributed by atoms with Crippen LogP contribution in [0.1, 0.15) is 5.56 Å². The molecule has 2 aromatic rings. The van der Waals surface area contributed by atoms with E-state index in [4.69, 9.17) is 12.2 Å². The minimum absolute atomic E-state index is 0.0958. The molecule has 0 aromatic heterocycles. The van der Waals surface area contributed by atoms with Crippen molar-refractivity contribution in [3.05, 3.63) is 59.9 Å². The van der Waals surface area contributed by atoms with Crippen molar-refractivity contribution in [2.75, 3.05) is 12.4 Å². The maximum Gasteiger partial charge on any atom is 0.387 e. The van der Waals surface area contributed by atoms with Gasteiger partial charge in [-0.05, 0) is 42.0 Å². The first-order chi connectivity index (χ1) is 11.0. The van der Waals surface area contributed by atoms with Crippen molar-refractivity contribution < 1.29 is 17.9 Å². The van der Waals surface area contributed by atoms with E-state index in [9.17, 15) is 13.2 Å². The van der Waals surface area contributed by atoms with Crippen LogP contribution in [0.25, 0.3) is 0 Å². The molecule has 0 bridgehead atoms. The molecule has 0 saturated carbocycles. The highest BCUT2D eigenvalue weighted by molar-refractivity contribution is 7.80. The van der Waals surface area contributed by atoms with Crippen molar-refractivity contribution in [2.45, 2.75) is 13.2 Å². The lowest BCUT2D eigenvalue weighted by atomic mass is 10.2. The third kappa shape index (κ3) is 5.14. The van der Waals surface area contributed by atoms with Gasteiger partial charge in [0, 0.05) is 13.6 Å². The number of para-hydroxylation sites is 1. The summed E-state index contributed by atoms with van der Waals surface area (Å²) in [4.78, 5) is 1.71. The van der Waals surface area contributed by atoms with Crippen LogP contribution in [-0.4, -0.2) is 23.7 Å². The Bertz CT molecular complexity index is 665. The molecule has 0 aliphatic carbocycles. The summed E-state index contributed by atoms with van der Waals surface area (Å²) in [7, 11) is 1.75. The largest absolute Gasteiger partial charge is 0.435 e. The molecule has 0 saturated heterocycles. The van der Waals surface area contributed by atoms with E-state index in [2.05, 4.69) is 10.1 Å². The normalized spacial score (nSPS) is 10.5. The SMILES string of the molecule is CN(Cc1ccc(OC(F)F)cc1)C(=S)Nc1ccccc1F. The molecule has 0 radical (unpaired) electrons. The molecular weight excluding hydrogens is 325 g/mol. The van der Waals surface area contributed by atoms with Gasteiger partial charge in [0.05, 0.1) is 5.69 Å². The number of halogens is 3. The van der Waals surface area contributed by atoms with Crippen molar-refractivity contribution >= 4 is 23.0 Å². The zero-order valence-corrected chi connectivity index (χ0v) is 13.1. The van der Waals surface area contributed by atoms with E-state index in [0.717, 1.165) is 5.56 Å². The van der Waals surface area contributed by atoms with Crippen LogP contribution in [-0.2, 0) is 6.54 Å². The van der Waals surface area contributed by atoms with Crippen LogP contribution in [0.3, 0.4) is 0 Å². The van der Waals surface area contributed by atoms with Gasteiger partial charge in [-0.2, -0.15) is 8.78 Å².